The van der Waals surface area contributed by atoms with E-state index in [1.807, 2.05) is 11.9 Å². The maximum absolute atomic E-state index is 11.1. The molecule has 118 valence electrons. The minimum Gasteiger partial charge on any atom is -0.355 e. The van der Waals surface area contributed by atoms with Crippen LogP contribution in [0.3, 0.4) is 0 Å². The summed E-state index contributed by atoms with van der Waals surface area (Å²) < 4.78 is 22.3. The number of nitrogens with zero attached hydrogens (tertiary/aromatic N) is 2. The molecule has 5 nitrogen and oxygen atoms in total. The number of aliphatic imine (C=N–C) groups is 1. The Hall–Kier alpha value is -1.56. The second-order valence-electron chi connectivity index (χ2n) is 5.13. The van der Waals surface area contributed by atoms with Crippen molar-refractivity contribution in [3.05, 3.63) is 35.4 Å². The molecule has 0 heterocycles. The lowest BCUT2D eigenvalue weighted by molar-refractivity contribution is 0.478. The highest BCUT2D eigenvalue weighted by Crippen LogP contribution is 2.07. The van der Waals surface area contributed by atoms with Gasteiger partial charge in [-0.3, -0.25) is 4.99 Å². The van der Waals surface area contributed by atoms with Gasteiger partial charge >= 0.3 is 0 Å². The Bertz CT molecular complexity index is 565. The zero-order chi connectivity index (χ0) is 15.9. The van der Waals surface area contributed by atoms with Crippen LogP contribution >= 0.6 is 0 Å². The van der Waals surface area contributed by atoms with Gasteiger partial charge in [0.1, 0.15) is 9.84 Å². The maximum atomic E-state index is 11.1. The largest absolute Gasteiger partial charge is 0.355 e. The number of hydrogen-bond acceptors (Lipinski definition) is 3. The van der Waals surface area contributed by atoms with Crippen LogP contribution in [0.5, 0.6) is 0 Å². The van der Waals surface area contributed by atoms with E-state index < -0.39 is 9.84 Å². The van der Waals surface area contributed by atoms with E-state index in [2.05, 4.69) is 41.5 Å². The average Bonchev–Trinajstić information content (AvgIpc) is 2.43. The normalized spacial score (nSPS) is 12.3. The molecule has 0 saturated carbocycles. The average molecular weight is 311 g/mol. The molecule has 21 heavy (non-hydrogen) atoms. The lowest BCUT2D eigenvalue weighted by Gasteiger charge is -2.22. The first kappa shape index (κ1) is 17.5. The van der Waals surface area contributed by atoms with Crippen LogP contribution in [-0.4, -0.2) is 51.9 Å². The summed E-state index contributed by atoms with van der Waals surface area (Å²) in [6, 6.07) is 8.48. The van der Waals surface area contributed by atoms with Gasteiger partial charge in [-0.2, -0.15) is 0 Å². The minimum absolute atomic E-state index is 0.102. The fourth-order valence-corrected chi connectivity index (χ4v) is 2.43. The third-order valence-corrected chi connectivity index (χ3v) is 4.13. The molecule has 0 fully saturated rings. The van der Waals surface area contributed by atoms with Gasteiger partial charge in [0.2, 0.25) is 0 Å². The first-order chi connectivity index (χ1) is 9.85. The molecule has 6 heteroatoms. The minimum atomic E-state index is -2.96. The third kappa shape index (κ3) is 6.62. The molecule has 0 saturated heterocycles. The van der Waals surface area contributed by atoms with Crippen molar-refractivity contribution in [2.45, 2.75) is 19.9 Å². The van der Waals surface area contributed by atoms with E-state index >= 15 is 0 Å². The zero-order valence-electron chi connectivity index (χ0n) is 13.3. The van der Waals surface area contributed by atoms with Crippen molar-refractivity contribution >= 4 is 15.8 Å². The van der Waals surface area contributed by atoms with Crippen LogP contribution in [0.25, 0.3) is 0 Å². The Morgan fingerprint density at radius 3 is 2.29 bits per heavy atom. The molecular weight excluding hydrogens is 286 g/mol. The summed E-state index contributed by atoms with van der Waals surface area (Å²) in [7, 11) is 0.672. The molecule has 0 amide bonds. The van der Waals surface area contributed by atoms with Crippen LogP contribution < -0.4 is 5.32 Å². The molecule has 0 aromatic heterocycles. The van der Waals surface area contributed by atoms with E-state index in [4.69, 9.17) is 0 Å². The van der Waals surface area contributed by atoms with E-state index in [1.54, 1.807) is 7.05 Å². The number of nitrogens with one attached hydrogen (secondary N) is 1. The molecule has 0 aliphatic heterocycles. The molecular formula is C15H25N3O2S. The second-order valence-corrected chi connectivity index (χ2v) is 7.39. The van der Waals surface area contributed by atoms with Crippen LogP contribution in [-0.2, 0) is 22.8 Å². The summed E-state index contributed by atoms with van der Waals surface area (Å²) >= 11 is 0. The molecule has 0 unspecified atom stereocenters. The van der Waals surface area contributed by atoms with Gasteiger partial charge in [0.15, 0.2) is 5.96 Å². The van der Waals surface area contributed by atoms with E-state index in [0.717, 1.165) is 13.0 Å². The lowest BCUT2D eigenvalue weighted by atomic mass is 10.1. The Kier molecular flexibility index (Phi) is 6.68. The van der Waals surface area contributed by atoms with Crippen LogP contribution in [0.15, 0.2) is 29.3 Å². The van der Waals surface area contributed by atoms with E-state index in [9.17, 15) is 8.42 Å². The first-order valence-electron chi connectivity index (χ1n) is 7.03. The zero-order valence-corrected chi connectivity index (χ0v) is 14.1. The van der Waals surface area contributed by atoms with E-state index in [0.29, 0.717) is 12.5 Å². The van der Waals surface area contributed by atoms with Crippen molar-refractivity contribution in [3.8, 4) is 0 Å². The highest BCUT2D eigenvalue weighted by molar-refractivity contribution is 7.90. The fraction of sp³-hybridized carbons (Fsp3) is 0.533. The molecule has 1 rings (SSSR count). The number of hydrogen-bond donors (Lipinski definition) is 1. The van der Waals surface area contributed by atoms with E-state index in [1.165, 1.54) is 17.4 Å². The number of rotatable bonds is 6. The molecule has 0 bridgehead atoms. The van der Waals surface area contributed by atoms with E-state index in [-0.39, 0.29) is 5.75 Å². The molecule has 1 aromatic rings. The van der Waals surface area contributed by atoms with Gasteiger partial charge in [-0.1, -0.05) is 31.2 Å². The van der Waals surface area contributed by atoms with Gasteiger partial charge in [-0.15, -0.1) is 0 Å². The second kappa shape index (κ2) is 8.02. The van der Waals surface area contributed by atoms with Crippen molar-refractivity contribution < 1.29 is 8.42 Å². The van der Waals surface area contributed by atoms with Gasteiger partial charge in [-0.05, 0) is 17.5 Å². The molecule has 1 aromatic carbocycles. The molecule has 0 aliphatic rings. The molecule has 1 N–H and O–H groups in total. The van der Waals surface area contributed by atoms with Crippen molar-refractivity contribution in [2.24, 2.45) is 4.99 Å². The van der Waals surface area contributed by atoms with Gasteiger partial charge in [0, 0.05) is 33.4 Å². The predicted octanol–water partition coefficient (Wildman–Crippen LogP) is 1.30. The monoisotopic (exact) mass is 311 g/mol. The Labute approximate surface area is 128 Å². The predicted molar refractivity (Wildman–Crippen MR) is 88.4 cm³/mol. The van der Waals surface area contributed by atoms with Gasteiger partial charge in [-0.25, -0.2) is 8.42 Å². The summed E-state index contributed by atoms with van der Waals surface area (Å²) in [4.78, 5) is 6.15. The van der Waals surface area contributed by atoms with Crippen LogP contribution in [0.2, 0.25) is 0 Å². The van der Waals surface area contributed by atoms with Crippen LogP contribution in [0.1, 0.15) is 18.1 Å². The molecule has 0 atom stereocenters. The smallest absolute Gasteiger partial charge is 0.193 e. The summed E-state index contributed by atoms with van der Waals surface area (Å²) in [5.41, 5.74) is 2.51. The highest BCUT2D eigenvalue weighted by atomic mass is 32.2. The Morgan fingerprint density at radius 2 is 1.81 bits per heavy atom. The summed E-state index contributed by atoms with van der Waals surface area (Å²) in [5, 5.41) is 3.07. The third-order valence-electron chi connectivity index (χ3n) is 3.18. The fourth-order valence-electron chi connectivity index (χ4n) is 1.96. The molecule has 0 spiro atoms. The van der Waals surface area contributed by atoms with Crippen LogP contribution in [0, 0.1) is 0 Å². The number of sulfone groups is 1. The van der Waals surface area contributed by atoms with Crippen molar-refractivity contribution in [2.75, 3.05) is 32.6 Å². The molecule has 0 aliphatic carbocycles. The summed E-state index contributed by atoms with van der Waals surface area (Å²) in [6.45, 7) is 3.22. The number of aryl methyl sites for hydroxylation is 1. The van der Waals surface area contributed by atoms with Crippen molar-refractivity contribution in [3.63, 3.8) is 0 Å². The quantitative estimate of drug-likeness (QED) is 0.635. The first-order valence-corrected chi connectivity index (χ1v) is 9.09. The highest BCUT2D eigenvalue weighted by Gasteiger charge is 2.08. The lowest BCUT2D eigenvalue weighted by Crippen LogP contribution is -2.40. The van der Waals surface area contributed by atoms with Gasteiger partial charge < -0.3 is 10.2 Å². The summed E-state index contributed by atoms with van der Waals surface area (Å²) in [5.74, 6) is 0.795. The SMILES string of the molecule is CCc1ccc(CN(C)C(=NC)NCCS(C)(=O)=O)cc1. The van der Waals surface area contributed by atoms with Gasteiger partial charge in [0.05, 0.1) is 5.75 Å². The topological polar surface area (TPSA) is 61.8 Å². The van der Waals surface area contributed by atoms with Crippen molar-refractivity contribution in [1.29, 1.82) is 0 Å². The Balaban J connectivity index is 2.56. The van der Waals surface area contributed by atoms with Crippen molar-refractivity contribution in [1.82, 2.24) is 10.2 Å². The van der Waals surface area contributed by atoms with Crippen LogP contribution in [0.4, 0.5) is 0 Å². The maximum Gasteiger partial charge on any atom is 0.193 e. The number of benzene rings is 1. The Morgan fingerprint density at radius 1 is 1.24 bits per heavy atom. The van der Waals surface area contributed by atoms with Gasteiger partial charge in [0.25, 0.3) is 0 Å². The standard InChI is InChI=1S/C15H25N3O2S/c1-5-13-6-8-14(9-7-13)12-18(3)15(16-2)17-10-11-21(4,19)20/h6-9H,5,10-12H2,1-4H3,(H,16,17). The molecule has 0 radical (unpaired) electrons. The summed E-state index contributed by atoms with van der Waals surface area (Å²) in [6.07, 6.45) is 2.27. The number of guanidine groups is 1.